The number of pyridine rings is 2. The number of hydrogen-bond donors (Lipinski definition) is 0. The Morgan fingerprint density at radius 1 is 0.585 bits per heavy atom. The topological polar surface area (TPSA) is 25.8 Å². The van der Waals surface area contributed by atoms with E-state index in [2.05, 4.69) is 138 Å². The Morgan fingerprint density at radius 2 is 1.27 bits per heavy atom. The Labute approximate surface area is 259 Å². The van der Waals surface area contributed by atoms with Crippen LogP contribution < -0.4 is 0 Å². The molecule has 0 unspecified atom stereocenters. The summed E-state index contributed by atoms with van der Waals surface area (Å²) in [7, 11) is 0. The summed E-state index contributed by atoms with van der Waals surface area (Å²) < 4.78 is 0. The molecule has 5 aromatic rings. The second-order valence-corrected chi connectivity index (χ2v) is 12.1. The van der Waals surface area contributed by atoms with Gasteiger partial charge in [-0.2, -0.15) is 0 Å². The van der Waals surface area contributed by atoms with Gasteiger partial charge >= 0.3 is 0 Å². The molecule has 0 aliphatic heterocycles. The average Bonchev–Trinajstić information content (AvgIpc) is 2.94. The van der Waals surface area contributed by atoms with Crippen LogP contribution in [0.2, 0.25) is 0 Å². The number of aryl methyl sites for hydroxylation is 4. The van der Waals surface area contributed by atoms with Crippen LogP contribution in [0.4, 0.5) is 0 Å². The third-order valence-electron chi connectivity index (χ3n) is 8.89. The molecule has 1 aliphatic carbocycles. The van der Waals surface area contributed by atoms with Crippen molar-refractivity contribution in [2.24, 2.45) is 0 Å². The zero-order valence-electron chi connectivity index (χ0n) is 25.3. The van der Waals surface area contributed by atoms with Crippen molar-refractivity contribution in [3.63, 3.8) is 0 Å². The van der Waals surface area contributed by atoms with E-state index < -0.39 is 0 Å². The monoisotopic (exact) mass is 715 g/mol. The van der Waals surface area contributed by atoms with Gasteiger partial charge in [-0.3, -0.25) is 0 Å². The summed E-state index contributed by atoms with van der Waals surface area (Å²) in [6, 6.07) is 32.4. The van der Waals surface area contributed by atoms with E-state index in [1.54, 1.807) is 0 Å². The maximum Gasteiger partial charge on any atom is 0.0192 e. The van der Waals surface area contributed by atoms with Crippen LogP contribution in [0.3, 0.4) is 0 Å². The number of rotatable bonds is 2. The van der Waals surface area contributed by atoms with Crippen LogP contribution in [-0.4, -0.2) is 9.97 Å². The van der Waals surface area contributed by atoms with Gasteiger partial charge in [0.1, 0.15) is 0 Å². The van der Waals surface area contributed by atoms with Crippen LogP contribution >= 0.6 is 0 Å². The molecule has 41 heavy (non-hydrogen) atoms. The van der Waals surface area contributed by atoms with Crippen LogP contribution in [-0.2, 0) is 30.9 Å². The fourth-order valence-corrected chi connectivity index (χ4v) is 5.43. The van der Waals surface area contributed by atoms with Crippen LogP contribution in [0, 0.1) is 39.8 Å². The fraction of sp³-hybridized carbons (Fsp3) is 0.263. The SMILES string of the molecule is Cc1c[c-]c(-c2cc(C)c(C)cn2)cc1.Cc1ccnc(-c2[c-]cc3c(c2)-c2ccccc2C(C)(C)C3(C)C)c1.[Ir]. The molecule has 2 nitrogen and oxygen atoms in total. The normalized spacial score (nSPS) is 14.0. The Balaban J connectivity index is 0.000000208. The molecule has 0 atom stereocenters. The van der Waals surface area contributed by atoms with Crippen LogP contribution in [0.5, 0.6) is 0 Å². The smallest absolute Gasteiger partial charge is 0.0192 e. The molecule has 0 amide bonds. The van der Waals surface area contributed by atoms with Crippen molar-refractivity contribution >= 4 is 0 Å². The summed E-state index contributed by atoms with van der Waals surface area (Å²) in [5, 5.41) is 0. The van der Waals surface area contributed by atoms with E-state index in [4.69, 9.17) is 0 Å². The van der Waals surface area contributed by atoms with Gasteiger partial charge < -0.3 is 9.97 Å². The maximum absolute atomic E-state index is 4.55. The summed E-state index contributed by atoms with van der Waals surface area (Å²) in [4.78, 5) is 8.96. The van der Waals surface area contributed by atoms with Gasteiger partial charge in [-0.25, -0.2) is 0 Å². The zero-order valence-corrected chi connectivity index (χ0v) is 27.7. The van der Waals surface area contributed by atoms with E-state index >= 15 is 0 Å². The van der Waals surface area contributed by atoms with E-state index in [0.29, 0.717) is 0 Å². The summed E-state index contributed by atoms with van der Waals surface area (Å²) in [5.74, 6) is 0. The Hall–Kier alpha value is -3.39. The summed E-state index contributed by atoms with van der Waals surface area (Å²) in [6.07, 6.45) is 3.79. The molecular weight excluding hydrogens is 677 g/mol. The predicted octanol–water partition coefficient (Wildman–Crippen LogP) is 9.56. The molecule has 0 fully saturated rings. The van der Waals surface area contributed by atoms with E-state index in [0.717, 1.165) is 22.5 Å². The maximum atomic E-state index is 4.55. The van der Waals surface area contributed by atoms with E-state index in [1.165, 1.54) is 44.5 Å². The first-order valence-electron chi connectivity index (χ1n) is 14.0. The van der Waals surface area contributed by atoms with Gasteiger partial charge in [-0.05, 0) is 65.7 Å². The first kappa shape index (κ1) is 30.6. The molecule has 2 aromatic heterocycles. The van der Waals surface area contributed by atoms with Gasteiger partial charge in [0, 0.05) is 32.5 Å². The first-order chi connectivity index (χ1) is 19.0. The Kier molecular flexibility index (Phi) is 8.83. The van der Waals surface area contributed by atoms with Gasteiger partial charge in [0.15, 0.2) is 0 Å². The van der Waals surface area contributed by atoms with Crippen molar-refractivity contribution in [2.45, 2.75) is 66.2 Å². The molecular formula is C38H38IrN2-2. The number of aromatic nitrogens is 2. The van der Waals surface area contributed by atoms with Crippen molar-refractivity contribution in [3.8, 4) is 33.6 Å². The Bertz CT molecular complexity index is 1680. The molecule has 3 heteroatoms. The minimum Gasteiger partial charge on any atom is -0.305 e. The minimum absolute atomic E-state index is 0. The largest absolute Gasteiger partial charge is 0.305 e. The van der Waals surface area contributed by atoms with E-state index in [9.17, 15) is 0 Å². The fourth-order valence-electron chi connectivity index (χ4n) is 5.43. The third kappa shape index (κ3) is 5.85. The molecule has 0 bridgehead atoms. The zero-order chi connectivity index (χ0) is 28.7. The Morgan fingerprint density at radius 3 is 1.95 bits per heavy atom. The van der Waals surface area contributed by atoms with Gasteiger partial charge in [0.05, 0.1) is 0 Å². The number of benzene rings is 3. The molecule has 0 spiro atoms. The van der Waals surface area contributed by atoms with Gasteiger partial charge in [0.25, 0.3) is 0 Å². The van der Waals surface area contributed by atoms with E-state index in [-0.39, 0.29) is 30.9 Å². The van der Waals surface area contributed by atoms with Gasteiger partial charge in [0.2, 0.25) is 0 Å². The molecule has 1 radical (unpaired) electrons. The average molecular weight is 715 g/mol. The van der Waals surface area contributed by atoms with Crippen LogP contribution in [0.1, 0.15) is 61.1 Å². The minimum atomic E-state index is 0. The summed E-state index contributed by atoms with van der Waals surface area (Å²) in [5.41, 5.74) is 14.6. The van der Waals surface area contributed by atoms with Gasteiger partial charge in [-0.15, -0.1) is 64.7 Å². The van der Waals surface area contributed by atoms with Crippen molar-refractivity contribution in [3.05, 3.63) is 131 Å². The molecule has 6 rings (SSSR count). The molecule has 211 valence electrons. The molecule has 3 aromatic carbocycles. The number of hydrogen-bond acceptors (Lipinski definition) is 2. The third-order valence-corrected chi connectivity index (χ3v) is 8.89. The van der Waals surface area contributed by atoms with Crippen molar-refractivity contribution in [2.75, 3.05) is 0 Å². The standard InChI is InChI=1S/C24H24N.C14H14N.Ir/c1-16-12-13-25-22(14-16)17-10-11-21-19(15-17)18-8-6-7-9-20(18)23(2,3)24(21,4)5;1-10-4-6-13(7-5-10)14-8-11(2)12(3)9-15-14;/h6-9,11-15H,1-5H3;4-6,8-9H,1-3H3;/q2*-1;. The summed E-state index contributed by atoms with van der Waals surface area (Å²) >= 11 is 0. The van der Waals surface area contributed by atoms with Crippen LogP contribution in [0.25, 0.3) is 33.6 Å². The molecule has 0 saturated heterocycles. The molecule has 0 N–H and O–H groups in total. The number of fused-ring (bicyclic) bond motifs is 3. The first-order valence-corrected chi connectivity index (χ1v) is 14.0. The molecule has 2 heterocycles. The second kappa shape index (κ2) is 11.8. The van der Waals surface area contributed by atoms with Crippen molar-refractivity contribution < 1.29 is 20.1 Å². The van der Waals surface area contributed by atoms with Crippen LogP contribution in [0.15, 0.2) is 85.2 Å². The summed E-state index contributed by atoms with van der Waals surface area (Å²) in [6.45, 7) is 17.7. The molecule has 0 saturated carbocycles. The quantitative estimate of drug-likeness (QED) is 0.170. The van der Waals surface area contributed by atoms with Crippen molar-refractivity contribution in [1.29, 1.82) is 0 Å². The van der Waals surface area contributed by atoms with Gasteiger partial charge in [-0.1, -0.05) is 87.7 Å². The van der Waals surface area contributed by atoms with E-state index in [1.807, 2.05) is 24.5 Å². The second-order valence-electron chi connectivity index (χ2n) is 12.1. The molecule has 1 aliphatic rings. The predicted molar refractivity (Wildman–Crippen MR) is 167 cm³/mol. The van der Waals surface area contributed by atoms with Crippen molar-refractivity contribution in [1.82, 2.24) is 9.97 Å². The number of nitrogens with zero attached hydrogens (tertiary/aromatic N) is 2.